The van der Waals surface area contributed by atoms with Gasteiger partial charge in [-0.25, -0.2) is 0 Å². The van der Waals surface area contributed by atoms with Crippen molar-refractivity contribution in [2.45, 2.75) is 43.5 Å². The number of benzene rings is 1. The van der Waals surface area contributed by atoms with Crippen molar-refractivity contribution in [2.75, 3.05) is 46.3 Å². The van der Waals surface area contributed by atoms with Gasteiger partial charge in [-0.1, -0.05) is 0 Å². The summed E-state index contributed by atoms with van der Waals surface area (Å²) in [6.45, 7) is 1.68. The third-order valence-electron chi connectivity index (χ3n) is 9.07. The Morgan fingerprint density at radius 3 is 2.45 bits per heavy atom. The second-order valence-corrected chi connectivity index (χ2v) is 11.9. The van der Waals surface area contributed by atoms with Crippen molar-refractivity contribution >= 4 is 34.7 Å². The number of nitrogens with zero attached hydrogens (tertiary/aromatic N) is 2. The van der Waals surface area contributed by atoms with Crippen LogP contribution in [0.3, 0.4) is 0 Å². The third kappa shape index (κ3) is 4.08. The number of likely N-dealkylation sites (N-methyl/N-ethyl adjacent to an activating group) is 1. The number of carbonyl (C=O) groups excluding carboxylic acids is 5. The Labute approximate surface area is 231 Å². The summed E-state index contributed by atoms with van der Waals surface area (Å²) in [5.74, 6) is -10.5. The first-order valence-corrected chi connectivity index (χ1v) is 13.5. The number of rotatable bonds is 6. The highest BCUT2D eigenvalue weighted by Crippen LogP contribution is 2.52. The van der Waals surface area contributed by atoms with Crippen LogP contribution < -0.4 is 16.0 Å². The predicted molar refractivity (Wildman–Crippen MR) is 142 cm³/mol. The van der Waals surface area contributed by atoms with Gasteiger partial charge in [0.05, 0.1) is 24.1 Å². The number of nitrogens with two attached hydrogens (primary N) is 1. The number of fused-ring (bicyclic) bond motifs is 3. The Balaban J connectivity index is 1.59. The smallest absolute Gasteiger partial charge is 0.235 e. The van der Waals surface area contributed by atoms with Gasteiger partial charge >= 0.3 is 0 Å². The SMILES string of the molecule is CN(C)c1c(CN[C@@H]2CCOC2)cc(O)c2c1C[C@H]1C[C@H]3[C@H](N(C)C)C(=O)C(C(N)=O)C(=O)[C@@]3(O)C(=O)C1C2=O. The molecule has 3 fully saturated rings. The molecule has 1 aliphatic heterocycles. The molecule has 5 N–H and O–H groups in total. The Morgan fingerprint density at radius 2 is 1.88 bits per heavy atom. The minimum atomic E-state index is -2.73. The zero-order chi connectivity index (χ0) is 29.3. The molecule has 0 bridgehead atoms. The summed E-state index contributed by atoms with van der Waals surface area (Å²) in [6.07, 6.45) is 1.09. The van der Waals surface area contributed by atoms with Gasteiger partial charge in [-0.2, -0.15) is 0 Å². The number of hydrogen-bond donors (Lipinski definition) is 4. The van der Waals surface area contributed by atoms with Crippen molar-refractivity contribution in [1.82, 2.24) is 10.2 Å². The van der Waals surface area contributed by atoms with E-state index in [1.165, 1.54) is 11.0 Å². The highest BCUT2D eigenvalue weighted by atomic mass is 16.5. The molecule has 12 heteroatoms. The molecule has 5 rings (SSSR count). The van der Waals surface area contributed by atoms with Gasteiger partial charge < -0.3 is 30.9 Å². The number of primary amides is 1. The minimum absolute atomic E-state index is 0.0109. The Kier molecular flexibility index (Phi) is 7.10. The molecule has 2 unspecified atom stereocenters. The molecule has 4 aliphatic rings. The first kappa shape index (κ1) is 28.3. The number of hydrogen-bond acceptors (Lipinski definition) is 11. The van der Waals surface area contributed by atoms with E-state index < -0.39 is 64.4 Å². The maximum atomic E-state index is 13.9. The van der Waals surface area contributed by atoms with Gasteiger partial charge in [-0.05, 0) is 56.5 Å². The fourth-order valence-corrected chi connectivity index (χ4v) is 7.37. The van der Waals surface area contributed by atoms with E-state index >= 15 is 0 Å². The van der Waals surface area contributed by atoms with E-state index in [1.54, 1.807) is 14.1 Å². The summed E-state index contributed by atoms with van der Waals surface area (Å²) in [6, 6.07) is 0.546. The van der Waals surface area contributed by atoms with Crippen molar-refractivity contribution in [3.8, 4) is 5.75 Å². The third-order valence-corrected chi connectivity index (χ3v) is 9.07. The normalized spacial score (nSPS) is 33.5. The average Bonchev–Trinajstić information content (AvgIpc) is 3.38. The van der Waals surface area contributed by atoms with Crippen LogP contribution in [0.4, 0.5) is 5.69 Å². The molecule has 1 heterocycles. The minimum Gasteiger partial charge on any atom is -0.507 e. The molecule has 0 spiro atoms. The largest absolute Gasteiger partial charge is 0.507 e. The van der Waals surface area contributed by atoms with Crippen molar-refractivity contribution in [3.63, 3.8) is 0 Å². The fourth-order valence-electron chi connectivity index (χ4n) is 7.37. The van der Waals surface area contributed by atoms with Crippen LogP contribution in [0.25, 0.3) is 0 Å². The molecular weight excluding hydrogens is 520 g/mol. The van der Waals surface area contributed by atoms with Crippen molar-refractivity contribution < 1.29 is 38.9 Å². The second kappa shape index (κ2) is 10.0. The lowest BCUT2D eigenvalue weighted by atomic mass is 9.52. The molecular formula is C28H36N4O8. The number of ketones is 4. The number of phenols is 1. The first-order chi connectivity index (χ1) is 18.8. The zero-order valence-electron chi connectivity index (χ0n) is 23.1. The highest BCUT2D eigenvalue weighted by Gasteiger charge is 2.69. The topological polar surface area (TPSA) is 180 Å². The van der Waals surface area contributed by atoms with E-state index in [2.05, 4.69) is 5.32 Å². The Hall–Kier alpha value is -3.19. The standard InChI is InChI=1S/C28H36N4O8/c1-31(2)21-13(10-30-14-5-6-40-11-14)9-17(33)19-15(21)7-12-8-16-22(32(3)4)24(35)20(27(29)38)26(37)28(16,39)25(36)18(12)23(19)34/h9,12,14,16,18,20,22,30,33,39H,5-8,10-11H2,1-4H3,(H2,29,38)/t12-,14+,16-,18?,20?,22-,28-/m0/s1. The predicted octanol–water partition coefficient (Wildman–Crippen LogP) is -1.19. The maximum absolute atomic E-state index is 13.9. The highest BCUT2D eigenvalue weighted by molar-refractivity contribution is 6.32. The maximum Gasteiger partial charge on any atom is 0.235 e. The molecule has 0 aromatic heterocycles. The first-order valence-electron chi connectivity index (χ1n) is 13.5. The van der Waals surface area contributed by atoms with Gasteiger partial charge in [0.15, 0.2) is 34.7 Å². The zero-order valence-corrected chi connectivity index (χ0v) is 23.1. The second-order valence-electron chi connectivity index (χ2n) is 11.9. The van der Waals surface area contributed by atoms with Crippen molar-refractivity contribution in [1.29, 1.82) is 0 Å². The number of nitrogens with one attached hydrogen (secondary N) is 1. The lowest BCUT2D eigenvalue weighted by Gasteiger charge is -2.52. The Bertz CT molecular complexity index is 1300. The number of phenolic OH excluding ortho intramolecular Hbond substituents is 1. The van der Waals surface area contributed by atoms with Gasteiger partial charge in [-0.15, -0.1) is 0 Å². The van der Waals surface area contributed by atoms with Crippen molar-refractivity contribution in [3.05, 3.63) is 22.8 Å². The molecule has 40 heavy (non-hydrogen) atoms. The van der Waals surface area contributed by atoms with E-state index in [0.29, 0.717) is 25.3 Å². The molecule has 7 atom stereocenters. The van der Waals surface area contributed by atoms with Crippen molar-refractivity contribution in [2.24, 2.45) is 29.4 Å². The lowest BCUT2D eigenvalue weighted by Crippen LogP contribution is -2.74. The molecule has 1 saturated heterocycles. The molecule has 1 amide bonds. The van der Waals surface area contributed by atoms with Crippen LogP contribution >= 0.6 is 0 Å². The van der Waals surface area contributed by atoms with Crippen LogP contribution in [-0.2, 0) is 36.9 Å². The summed E-state index contributed by atoms with van der Waals surface area (Å²) >= 11 is 0. The van der Waals surface area contributed by atoms with Crippen LogP contribution in [0.15, 0.2) is 6.07 Å². The summed E-state index contributed by atoms with van der Waals surface area (Å²) in [4.78, 5) is 70.0. The average molecular weight is 557 g/mol. The molecule has 216 valence electrons. The van der Waals surface area contributed by atoms with Gasteiger partial charge in [0.25, 0.3) is 0 Å². The molecule has 1 aromatic rings. The van der Waals surface area contributed by atoms with E-state index in [9.17, 15) is 34.2 Å². The molecule has 2 saturated carbocycles. The van der Waals surface area contributed by atoms with Crippen LogP contribution in [0.2, 0.25) is 0 Å². The Morgan fingerprint density at radius 1 is 1.18 bits per heavy atom. The number of anilines is 1. The molecule has 1 aromatic carbocycles. The summed E-state index contributed by atoms with van der Waals surface area (Å²) in [7, 11) is 6.79. The summed E-state index contributed by atoms with van der Waals surface area (Å²) in [5, 5.41) is 26.2. The lowest BCUT2D eigenvalue weighted by molar-refractivity contribution is -0.181. The van der Waals surface area contributed by atoms with E-state index in [4.69, 9.17) is 10.5 Å². The number of amides is 1. The van der Waals surface area contributed by atoms with Crippen LogP contribution in [-0.4, -0.2) is 103 Å². The monoisotopic (exact) mass is 556 g/mol. The number of carbonyl (C=O) groups is 5. The summed E-state index contributed by atoms with van der Waals surface area (Å²) in [5.41, 5.74) is 4.72. The quantitative estimate of drug-likeness (QED) is 0.310. The van der Waals surface area contributed by atoms with Gasteiger partial charge in [-0.3, -0.25) is 28.9 Å². The van der Waals surface area contributed by atoms with Crippen LogP contribution in [0.5, 0.6) is 5.75 Å². The molecule has 0 radical (unpaired) electrons. The van der Waals surface area contributed by atoms with E-state index in [1.807, 2.05) is 19.0 Å². The summed E-state index contributed by atoms with van der Waals surface area (Å²) < 4.78 is 5.44. The van der Waals surface area contributed by atoms with Crippen LogP contribution in [0, 0.1) is 23.7 Å². The number of Topliss-reactive ketones (excluding diaryl/α,β-unsaturated/α-hetero) is 4. The van der Waals surface area contributed by atoms with Gasteiger partial charge in [0.1, 0.15) is 5.75 Å². The number of aromatic hydroxyl groups is 1. The molecule has 3 aliphatic carbocycles. The van der Waals surface area contributed by atoms with E-state index in [-0.39, 0.29) is 30.2 Å². The number of aliphatic hydroxyl groups is 1. The molecule has 12 nitrogen and oxygen atoms in total. The fraction of sp³-hybridized carbons (Fsp3) is 0.607. The van der Waals surface area contributed by atoms with Gasteiger partial charge in [0, 0.05) is 44.9 Å². The van der Waals surface area contributed by atoms with Crippen LogP contribution in [0.1, 0.15) is 34.3 Å². The van der Waals surface area contributed by atoms with Gasteiger partial charge in [0.2, 0.25) is 5.91 Å². The number of ether oxygens (including phenoxy) is 1. The van der Waals surface area contributed by atoms with E-state index in [0.717, 1.165) is 17.7 Å².